The minimum atomic E-state index is 0.977. The Morgan fingerprint density at radius 1 is 0.292 bits per heavy atom. The Hall–Kier alpha value is -6.31. The third kappa shape index (κ3) is 4.85. The fraction of sp³-hybridized carbons (Fsp3) is 0. The van der Waals surface area contributed by atoms with Crippen LogP contribution in [-0.4, -0.2) is 4.98 Å². The Morgan fingerprint density at radius 3 is 1.48 bits per heavy atom. The van der Waals surface area contributed by atoms with Gasteiger partial charge in [0.1, 0.15) is 0 Å². The van der Waals surface area contributed by atoms with E-state index in [2.05, 4.69) is 175 Å². The van der Waals surface area contributed by atoms with E-state index in [9.17, 15) is 0 Å². The maximum atomic E-state index is 4.60. The van der Waals surface area contributed by atoms with Gasteiger partial charge in [-0.3, -0.25) is 4.98 Å². The van der Waals surface area contributed by atoms with Gasteiger partial charge in [-0.15, -0.1) is 0 Å². The second-order valence-electron chi connectivity index (χ2n) is 12.3. The molecule has 0 atom stereocenters. The highest BCUT2D eigenvalue weighted by atomic mass is 14.7. The lowest BCUT2D eigenvalue weighted by Gasteiger charge is -2.18. The zero-order valence-corrected chi connectivity index (χ0v) is 26.3. The molecule has 0 aliphatic heterocycles. The normalized spacial score (nSPS) is 11.3. The third-order valence-electron chi connectivity index (χ3n) is 9.53. The highest BCUT2D eigenvalue weighted by molar-refractivity contribution is 6.16. The Kier molecular flexibility index (Phi) is 6.87. The molecular weight excluding hydrogens is 579 g/mol. The van der Waals surface area contributed by atoms with E-state index in [0.717, 1.165) is 11.3 Å². The predicted octanol–water partition coefficient (Wildman–Crippen LogP) is 12.9. The Bertz CT molecular complexity index is 2600. The van der Waals surface area contributed by atoms with Crippen LogP contribution in [-0.2, 0) is 0 Å². The first kappa shape index (κ1) is 28.0. The van der Waals surface area contributed by atoms with E-state index < -0.39 is 0 Å². The van der Waals surface area contributed by atoms with Crippen LogP contribution in [0.2, 0.25) is 0 Å². The minimum absolute atomic E-state index is 0.977. The van der Waals surface area contributed by atoms with Crippen LogP contribution >= 0.6 is 0 Å². The summed E-state index contributed by atoms with van der Waals surface area (Å²) in [6, 6.07) is 65.9. The summed E-state index contributed by atoms with van der Waals surface area (Å²) >= 11 is 0. The Morgan fingerprint density at radius 2 is 0.771 bits per heavy atom. The zero-order valence-electron chi connectivity index (χ0n) is 26.3. The maximum Gasteiger partial charge on any atom is 0.0702 e. The molecular formula is C47H31N. The maximum absolute atomic E-state index is 4.60. The summed E-state index contributed by atoms with van der Waals surface area (Å²) in [6.07, 6.45) is 1.85. The van der Waals surface area contributed by atoms with Gasteiger partial charge in [-0.05, 0) is 101 Å². The van der Waals surface area contributed by atoms with Crippen LogP contribution in [0.1, 0.15) is 0 Å². The highest BCUT2D eigenvalue weighted by Gasteiger charge is 2.17. The molecule has 0 fully saturated rings. The van der Waals surface area contributed by atoms with Gasteiger partial charge in [-0.25, -0.2) is 0 Å². The first-order chi connectivity index (χ1) is 23.8. The molecule has 0 unspecified atom stereocenters. The van der Waals surface area contributed by atoms with Gasteiger partial charge in [-0.2, -0.15) is 0 Å². The van der Waals surface area contributed by atoms with Crippen LogP contribution in [0.4, 0.5) is 0 Å². The first-order valence-corrected chi connectivity index (χ1v) is 16.5. The molecule has 1 aromatic heterocycles. The van der Waals surface area contributed by atoms with E-state index in [1.807, 2.05) is 18.3 Å². The van der Waals surface area contributed by atoms with Crippen molar-refractivity contribution in [1.82, 2.24) is 4.98 Å². The molecule has 0 bridgehead atoms. The van der Waals surface area contributed by atoms with Crippen molar-refractivity contribution >= 4 is 32.3 Å². The van der Waals surface area contributed by atoms with Gasteiger partial charge in [0.2, 0.25) is 0 Å². The van der Waals surface area contributed by atoms with Crippen molar-refractivity contribution in [3.8, 4) is 55.8 Å². The second kappa shape index (κ2) is 11.8. The van der Waals surface area contributed by atoms with Crippen LogP contribution < -0.4 is 0 Å². The summed E-state index contributed by atoms with van der Waals surface area (Å²) in [5.74, 6) is 0. The standard InChI is InChI=1S/C47H31N/c1-3-20-38-32(12-1)14-9-23-41(38)43-27-28-45(42-24-10-15-33-13-2-4-21-39(33)42)47-40(22-11-25-44(43)47)36-18-7-16-34(30-36)35-17-8-19-37(31-35)46-26-5-6-29-48-46/h1-31H. The fourth-order valence-electron chi connectivity index (χ4n) is 7.29. The van der Waals surface area contributed by atoms with Crippen LogP contribution in [0.3, 0.4) is 0 Å². The molecule has 1 heteroatoms. The van der Waals surface area contributed by atoms with Gasteiger partial charge in [0.25, 0.3) is 0 Å². The van der Waals surface area contributed by atoms with Crippen molar-refractivity contribution in [3.05, 3.63) is 188 Å². The molecule has 224 valence electrons. The Balaban J connectivity index is 1.30. The Labute approximate surface area is 280 Å². The smallest absolute Gasteiger partial charge is 0.0702 e. The molecule has 1 heterocycles. The lowest BCUT2D eigenvalue weighted by atomic mass is 9.85. The molecule has 0 saturated heterocycles. The van der Waals surface area contributed by atoms with Gasteiger partial charge < -0.3 is 0 Å². The topological polar surface area (TPSA) is 12.9 Å². The third-order valence-corrected chi connectivity index (χ3v) is 9.53. The SMILES string of the molecule is c1ccc(-c2cccc(-c3cccc(-c4cccc5c(-c6cccc7ccccc67)ccc(-c6cccc7ccccc67)c45)c3)c2)nc1. The molecule has 9 rings (SSSR count). The van der Waals surface area contributed by atoms with Crippen molar-refractivity contribution in [2.45, 2.75) is 0 Å². The highest BCUT2D eigenvalue weighted by Crippen LogP contribution is 2.44. The van der Waals surface area contributed by atoms with Gasteiger partial charge in [0.05, 0.1) is 5.69 Å². The van der Waals surface area contributed by atoms with Crippen molar-refractivity contribution in [2.75, 3.05) is 0 Å². The number of benzene rings is 8. The molecule has 0 saturated carbocycles. The zero-order chi connectivity index (χ0) is 31.9. The van der Waals surface area contributed by atoms with E-state index in [1.165, 1.54) is 76.8 Å². The number of fused-ring (bicyclic) bond motifs is 3. The van der Waals surface area contributed by atoms with E-state index in [0.29, 0.717) is 0 Å². The summed E-state index contributed by atoms with van der Waals surface area (Å²) < 4.78 is 0. The lowest BCUT2D eigenvalue weighted by molar-refractivity contribution is 1.33. The number of aromatic nitrogens is 1. The van der Waals surface area contributed by atoms with Gasteiger partial charge in [0, 0.05) is 11.8 Å². The first-order valence-electron chi connectivity index (χ1n) is 16.5. The molecule has 0 N–H and O–H groups in total. The summed E-state index contributed by atoms with van der Waals surface area (Å²) in [4.78, 5) is 4.60. The number of pyridine rings is 1. The molecule has 0 aliphatic carbocycles. The molecule has 0 aliphatic rings. The largest absolute Gasteiger partial charge is 0.256 e. The fourth-order valence-corrected chi connectivity index (χ4v) is 7.29. The average Bonchev–Trinajstić information content (AvgIpc) is 3.17. The van der Waals surface area contributed by atoms with E-state index >= 15 is 0 Å². The summed E-state index contributed by atoms with van der Waals surface area (Å²) in [7, 11) is 0. The summed E-state index contributed by atoms with van der Waals surface area (Å²) in [6.45, 7) is 0. The van der Waals surface area contributed by atoms with E-state index in [1.54, 1.807) is 0 Å². The summed E-state index contributed by atoms with van der Waals surface area (Å²) in [5.41, 5.74) is 11.8. The van der Waals surface area contributed by atoms with Gasteiger partial charge >= 0.3 is 0 Å². The molecule has 0 spiro atoms. The van der Waals surface area contributed by atoms with Gasteiger partial charge in [0.15, 0.2) is 0 Å². The number of hydrogen-bond donors (Lipinski definition) is 0. The number of hydrogen-bond acceptors (Lipinski definition) is 1. The monoisotopic (exact) mass is 609 g/mol. The van der Waals surface area contributed by atoms with E-state index in [-0.39, 0.29) is 0 Å². The van der Waals surface area contributed by atoms with Gasteiger partial charge in [-0.1, -0.05) is 158 Å². The summed E-state index contributed by atoms with van der Waals surface area (Å²) in [5, 5.41) is 7.52. The number of nitrogens with zero attached hydrogens (tertiary/aromatic N) is 1. The average molecular weight is 610 g/mol. The quantitative estimate of drug-likeness (QED) is 0.189. The molecule has 0 amide bonds. The van der Waals surface area contributed by atoms with Crippen LogP contribution in [0, 0.1) is 0 Å². The van der Waals surface area contributed by atoms with Crippen molar-refractivity contribution in [2.24, 2.45) is 0 Å². The van der Waals surface area contributed by atoms with Crippen molar-refractivity contribution in [1.29, 1.82) is 0 Å². The predicted molar refractivity (Wildman–Crippen MR) is 204 cm³/mol. The molecule has 1 nitrogen and oxygen atoms in total. The molecule has 9 aromatic rings. The van der Waals surface area contributed by atoms with Crippen molar-refractivity contribution in [3.63, 3.8) is 0 Å². The molecule has 48 heavy (non-hydrogen) atoms. The second-order valence-corrected chi connectivity index (χ2v) is 12.3. The van der Waals surface area contributed by atoms with E-state index in [4.69, 9.17) is 0 Å². The molecule has 8 aromatic carbocycles. The van der Waals surface area contributed by atoms with Crippen LogP contribution in [0.5, 0.6) is 0 Å². The van der Waals surface area contributed by atoms with Crippen molar-refractivity contribution < 1.29 is 0 Å². The minimum Gasteiger partial charge on any atom is -0.256 e. The number of rotatable bonds is 5. The molecule has 0 radical (unpaired) electrons. The van der Waals surface area contributed by atoms with Crippen LogP contribution in [0.25, 0.3) is 88.1 Å². The lowest BCUT2D eigenvalue weighted by Crippen LogP contribution is -1.92. The van der Waals surface area contributed by atoms with Crippen LogP contribution in [0.15, 0.2) is 188 Å².